The fourth-order valence-corrected chi connectivity index (χ4v) is 0.558. The van der Waals surface area contributed by atoms with Crippen LogP contribution in [0.25, 0.3) is 0 Å². The van der Waals surface area contributed by atoms with Crippen LogP contribution >= 0.6 is 0 Å². The Morgan fingerprint density at radius 1 is 1.64 bits per heavy atom. The lowest BCUT2D eigenvalue weighted by molar-refractivity contribution is -0.128. The molecule has 1 saturated carbocycles. The molecule has 0 atom stereocenters. The summed E-state index contributed by atoms with van der Waals surface area (Å²) in [5.74, 6) is 0.833. The van der Waals surface area contributed by atoms with Gasteiger partial charge in [0.25, 0.3) is 6.47 Å². The fourth-order valence-electron chi connectivity index (χ4n) is 0.558. The molecule has 3 heteroatoms. The Morgan fingerprint density at radius 3 is 2.18 bits per heavy atom. The highest BCUT2D eigenvalue weighted by molar-refractivity contribution is 5.80. The molecule has 0 spiro atoms. The van der Waals surface area contributed by atoms with E-state index in [0.29, 0.717) is 24.8 Å². The minimum absolute atomic E-state index is 0.370. The smallest absolute Gasteiger partial charge is 0.293 e. The average molecular weight is 158 g/mol. The van der Waals surface area contributed by atoms with Gasteiger partial charge in [-0.25, -0.2) is 0 Å². The summed E-state index contributed by atoms with van der Waals surface area (Å²) in [4.78, 5) is 19.4. The van der Waals surface area contributed by atoms with Crippen molar-refractivity contribution in [3.63, 3.8) is 0 Å². The van der Waals surface area contributed by atoms with Crippen molar-refractivity contribution in [1.82, 2.24) is 0 Å². The Hall–Kier alpha value is -0.860. The zero-order chi connectivity index (χ0) is 8.69. The second-order valence-corrected chi connectivity index (χ2v) is 2.44. The van der Waals surface area contributed by atoms with Crippen molar-refractivity contribution in [3.05, 3.63) is 0 Å². The summed E-state index contributed by atoms with van der Waals surface area (Å²) in [7, 11) is 0. The van der Waals surface area contributed by atoms with E-state index in [1.807, 2.05) is 0 Å². The maximum Gasteiger partial charge on any atom is 0.293 e. The molecule has 0 aromatic heterocycles. The molecular formula is C8H14O3. The molecule has 0 heterocycles. The van der Waals surface area contributed by atoms with E-state index in [4.69, 9.17) is 0 Å². The Balaban J connectivity index is 0.000000187. The minimum atomic E-state index is 0.370. The van der Waals surface area contributed by atoms with Crippen LogP contribution in [0.1, 0.15) is 26.7 Å². The molecule has 0 aliphatic heterocycles. The standard InChI is InChI=1S/C5H8O.C3H6O2/c1-4(6)5-2-3-5;1-2-5-3-4/h5H,2-3H2,1H3;3H,2H2,1H3. The Labute approximate surface area is 66.7 Å². The van der Waals surface area contributed by atoms with Gasteiger partial charge in [-0.15, -0.1) is 0 Å². The van der Waals surface area contributed by atoms with Gasteiger partial charge in [0.2, 0.25) is 0 Å². The van der Waals surface area contributed by atoms with Gasteiger partial charge in [-0.3, -0.25) is 9.59 Å². The van der Waals surface area contributed by atoms with Gasteiger partial charge in [0.15, 0.2) is 0 Å². The molecule has 0 saturated heterocycles. The van der Waals surface area contributed by atoms with E-state index >= 15 is 0 Å². The van der Waals surface area contributed by atoms with Crippen LogP contribution in [0, 0.1) is 5.92 Å². The molecule has 0 N–H and O–H groups in total. The lowest BCUT2D eigenvalue weighted by atomic mass is 10.3. The van der Waals surface area contributed by atoms with Crippen LogP contribution in [0.2, 0.25) is 0 Å². The van der Waals surface area contributed by atoms with Gasteiger partial charge in [-0.2, -0.15) is 0 Å². The normalized spacial score (nSPS) is 14.4. The van der Waals surface area contributed by atoms with Crippen molar-refractivity contribution in [2.75, 3.05) is 6.61 Å². The summed E-state index contributed by atoms with van der Waals surface area (Å²) < 4.78 is 4.15. The SMILES string of the molecule is CC(=O)C1CC1.CCOC=O. The Morgan fingerprint density at radius 2 is 2.18 bits per heavy atom. The summed E-state index contributed by atoms with van der Waals surface area (Å²) in [5, 5.41) is 0. The molecule has 0 aromatic carbocycles. The van der Waals surface area contributed by atoms with Crippen LogP contribution in [-0.2, 0) is 14.3 Å². The van der Waals surface area contributed by atoms with Crippen molar-refractivity contribution in [2.24, 2.45) is 5.92 Å². The number of hydrogen-bond donors (Lipinski definition) is 0. The van der Waals surface area contributed by atoms with Crippen LogP contribution in [0.3, 0.4) is 0 Å². The van der Waals surface area contributed by atoms with Crippen LogP contribution in [0.4, 0.5) is 0 Å². The van der Waals surface area contributed by atoms with E-state index < -0.39 is 0 Å². The van der Waals surface area contributed by atoms with Crippen LogP contribution < -0.4 is 0 Å². The molecule has 1 fully saturated rings. The molecule has 0 radical (unpaired) electrons. The minimum Gasteiger partial charge on any atom is -0.468 e. The third-order valence-electron chi connectivity index (χ3n) is 1.39. The summed E-state index contributed by atoms with van der Waals surface area (Å²) >= 11 is 0. The third-order valence-corrected chi connectivity index (χ3v) is 1.39. The lowest BCUT2D eigenvalue weighted by Crippen LogP contribution is -1.88. The van der Waals surface area contributed by atoms with Gasteiger partial charge in [-0.05, 0) is 26.7 Å². The number of rotatable bonds is 3. The number of ether oxygens (including phenoxy) is 1. The van der Waals surface area contributed by atoms with Gasteiger partial charge >= 0.3 is 0 Å². The van der Waals surface area contributed by atoms with Gasteiger partial charge < -0.3 is 4.74 Å². The second kappa shape index (κ2) is 5.89. The fraction of sp³-hybridized carbons (Fsp3) is 0.750. The van der Waals surface area contributed by atoms with Gasteiger partial charge in [0, 0.05) is 5.92 Å². The van der Waals surface area contributed by atoms with E-state index in [-0.39, 0.29) is 0 Å². The van der Waals surface area contributed by atoms with E-state index in [2.05, 4.69) is 4.74 Å². The highest BCUT2D eigenvalue weighted by Crippen LogP contribution is 2.29. The largest absolute Gasteiger partial charge is 0.468 e. The Kier molecular flexibility index (Phi) is 5.43. The summed E-state index contributed by atoms with van der Waals surface area (Å²) in [5.41, 5.74) is 0. The van der Waals surface area contributed by atoms with Gasteiger partial charge in [-0.1, -0.05) is 0 Å². The zero-order valence-electron chi connectivity index (χ0n) is 7.00. The maximum atomic E-state index is 10.2. The molecular weight excluding hydrogens is 144 g/mol. The molecule has 1 aliphatic rings. The lowest BCUT2D eigenvalue weighted by Gasteiger charge is -1.79. The number of Topliss-reactive ketones (excluding diaryl/α,β-unsaturated/α-hetero) is 1. The van der Waals surface area contributed by atoms with Gasteiger partial charge in [0.1, 0.15) is 5.78 Å². The monoisotopic (exact) mass is 158 g/mol. The summed E-state index contributed by atoms with van der Waals surface area (Å²) in [6.07, 6.45) is 2.30. The van der Waals surface area contributed by atoms with Gasteiger partial charge in [0.05, 0.1) is 6.61 Å². The zero-order valence-corrected chi connectivity index (χ0v) is 7.00. The van der Waals surface area contributed by atoms with E-state index in [0.717, 1.165) is 12.8 Å². The molecule has 1 rings (SSSR count). The quantitative estimate of drug-likeness (QED) is 0.579. The third kappa shape index (κ3) is 7.03. The predicted octanol–water partition coefficient (Wildman–Crippen LogP) is 1.16. The van der Waals surface area contributed by atoms with E-state index in [9.17, 15) is 9.59 Å². The summed E-state index contributed by atoms with van der Waals surface area (Å²) in [6, 6.07) is 0. The highest BCUT2D eigenvalue weighted by atomic mass is 16.5. The van der Waals surface area contributed by atoms with Crippen molar-refractivity contribution in [3.8, 4) is 0 Å². The first kappa shape index (κ1) is 10.1. The molecule has 64 valence electrons. The first-order chi connectivity index (χ1) is 5.22. The number of ketones is 1. The van der Waals surface area contributed by atoms with E-state index in [1.165, 1.54) is 0 Å². The molecule has 0 aromatic rings. The number of carbonyl (C=O) groups is 2. The maximum absolute atomic E-state index is 10.2. The van der Waals surface area contributed by atoms with E-state index in [1.54, 1.807) is 13.8 Å². The first-order valence-corrected chi connectivity index (χ1v) is 3.78. The first-order valence-electron chi connectivity index (χ1n) is 3.78. The predicted molar refractivity (Wildman–Crippen MR) is 41.1 cm³/mol. The Bertz CT molecular complexity index is 127. The van der Waals surface area contributed by atoms with Crippen molar-refractivity contribution in [1.29, 1.82) is 0 Å². The topological polar surface area (TPSA) is 43.4 Å². The summed E-state index contributed by atoms with van der Waals surface area (Å²) in [6.45, 7) is 4.33. The molecule has 0 unspecified atom stereocenters. The van der Waals surface area contributed by atoms with Crippen LogP contribution in [-0.4, -0.2) is 18.9 Å². The average Bonchev–Trinajstić information content (AvgIpc) is 2.71. The van der Waals surface area contributed by atoms with Crippen molar-refractivity contribution in [2.45, 2.75) is 26.7 Å². The molecule has 11 heavy (non-hydrogen) atoms. The van der Waals surface area contributed by atoms with Crippen molar-refractivity contribution >= 4 is 12.3 Å². The second-order valence-electron chi connectivity index (χ2n) is 2.44. The molecule has 3 nitrogen and oxygen atoms in total. The van der Waals surface area contributed by atoms with Crippen molar-refractivity contribution < 1.29 is 14.3 Å². The molecule has 0 bridgehead atoms. The van der Waals surface area contributed by atoms with Crippen LogP contribution in [0.15, 0.2) is 0 Å². The number of carbonyl (C=O) groups excluding carboxylic acids is 2. The van der Waals surface area contributed by atoms with Crippen LogP contribution in [0.5, 0.6) is 0 Å². The molecule has 1 aliphatic carbocycles. The highest BCUT2D eigenvalue weighted by Gasteiger charge is 2.25. The number of hydrogen-bond acceptors (Lipinski definition) is 3. The molecule has 0 amide bonds.